The molecule has 3 aromatic carbocycles. The molecule has 32 heavy (non-hydrogen) atoms. The van der Waals surface area contributed by atoms with E-state index in [1.54, 1.807) is 13.2 Å². The first-order valence-electron chi connectivity index (χ1n) is 10.3. The molecule has 6 heteroatoms. The Morgan fingerprint density at radius 2 is 1.81 bits per heavy atom. The van der Waals surface area contributed by atoms with Crippen molar-refractivity contribution in [2.75, 3.05) is 12.0 Å². The van der Waals surface area contributed by atoms with Gasteiger partial charge in [0.15, 0.2) is 5.11 Å². The molecule has 1 aliphatic rings. The number of aryl methyl sites for hydroxylation is 2. The number of carbonyl (C=O) groups is 1. The third kappa shape index (κ3) is 4.50. The van der Waals surface area contributed by atoms with Crippen LogP contribution < -0.4 is 19.7 Å². The first-order chi connectivity index (χ1) is 15.5. The minimum Gasteiger partial charge on any atom is -0.496 e. The van der Waals surface area contributed by atoms with Gasteiger partial charge in [0, 0.05) is 5.56 Å². The summed E-state index contributed by atoms with van der Waals surface area (Å²) < 4.78 is 11.5. The molecular weight excluding hydrogens is 420 g/mol. The Balaban J connectivity index is 1.58. The van der Waals surface area contributed by atoms with Gasteiger partial charge in [0.25, 0.3) is 5.91 Å². The van der Waals surface area contributed by atoms with E-state index < -0.39 is 0 Å². The van der Waals surface area contributed by atoms with Gasteiger partial charge < -0.3 is 14.8 Å². The van der Waals surface area contributed by atoms with E-state index in [-0.39, 0.29) is 5.91 Å². The molecule has 0 aromatic heterocycles. The number of hydrogen-bond donors (Lipinski definition) is 1. The van der Waals surface area contributed by atoms with E-state index in [0.29, 0.717) is 17.4 Å². The Morgan fingerprint density at radius 1 is 1.00 bits per heavy atom. The maximum absolute atomic E-state index is 13.0. The van der Waals surface area contributed by atoms with Crippen LogP contribution in [0.3, 0.4) is 0 Å². The van der Waals surface area contributed by atoms with Gasteiger partial charge in [0.05, 0.1) is 12.8 Å². The molecule has 4 rings (SSSR count). The number of methoxy groups -OCH3 is 1. The van der Waals surface area contributed by atoms with Crippen LogP contribution in [0.4, 0.5) is 5.69 Å². The summed E-state index contributed by atoms with van der Waals surface area (Å²) in [6, 6.07) is 21.3. The van der Waals surface area contributed by atoms with Crippen LogP contribution in [0.5, 0.6) is 11.5 Å². The second-order valence-electron chi connectivity index (χ2n) is 7.59. The molecule has 0 aliphatic carbocycles. The molecule has 1 N–H and O–H groups in total. The monoisotopic (exact) mass is 444 g/mol. The predicted octanol–water partition coefficient (Wildman–Crippen LogP) is 5.15. The molecule has 1 saturated heterocycles. The average Bonchev–Trinajstić information content (AvgIpc) is 3.06. The van der Waals surface area contributed by atoms with Crippen LogP contribution in [0.25, 0.3) is 6.08 Å². The fourth-order valence-corrected chi connectivity index (χ4v) is 3.88. The van der Waals surface area contributed by atoms with Crippen LogP contribution in [0.1, 0.15) is 22.3 Å². The molecule has 0 unspecified atom stereocenters. The molecule has 1 aliphatic heterocycles. The second-order valence-corrected chi connectivity index (χ2v) is 7.98. The van der Waals surface area contributed by atoms with Crippen LogP contribution in [-0.4, -0.2) is 18.1 Å². The van der Waals surface area contributed by atoms with Crippen LogP contribution in [0, 0.1) is 13.8 Å². The van der Waals surface area contributed by atoms with Gasteiger partial charge in [0.1, 0.15) is 23.8 Å². The van der Waals surface area contributed by atoms with Crippen molar-refractivity contribution in [1.29, 1.82) is 0 Å². The molecule has 0 spiro atoms. The number of hydrogen-bond acceptors (Lipinski definition) is 4. The van der Waals surface area contributed by atoms with E-state index >= 15 is 0 Å². The van der Waals surface area contributed by atoms with Gasteiger partial charge in [-0.25, -0.2) is 0 Å². The Labute approximate surface area is 193 Å². The summed E-state index contributed by atoms with van der Waals surface area (Å²) >= 11 is 5.42. The molecule has 0 radical (unpaired) electrons. The number of ether oxygens (including phenoxy) is 2. The maximum Gasteiger partial charge on any atom is 0.281 e. The van der Waals surface area contributed by atoms with Gasteiger partial charge in [-0.2, -0.15) is 0 Å². The minimum atomic E-state index is -0.186. The summed E-state index contributed by atoms with van der Waals surface area (Å²) in [7, 11) is 1.63. The second kappa shape index (κ2) is 9.24. The molecule has 1 amide bonds. The summed E-state index contributed by atoms with van der Waals surface area (Å²) in [5.74, 6) is 1.36. The number of amides is 1. The maximum atomic E-state index is 13.0. The van der Waals surface area contributed by atoms with Crippen LogP contribution in [0.2, 0.25) is 0 Å². The zero-order chi connectivity index (χ0) is 22.7. The lowest BCUT2D eigenvalue weighted by Crippen LogP contribution is -2.30. The van der Waals surface area contributed by atoms with Gasteiger partial charge in [-0.15, -0.1) is 0 Å². The van der Waals surface area contributed by atoms with E-state index in [2.05, 4.69) is 5.32 Å². The molecule has 1 heterocycles. The van der Waals surface area contributed by atoms with Crippen LogP contribution >= 0.6 is 12.2 Å². The highest BCUT2D eigenvalue weighted by Gasteiger charge is 2.32. The first kappa shape index (κ1) is 21.6. The highest BCUT2D eigenvalue weighted by molar-refractivity contribution is 7.80. The lowest BCUT2D eigenvalue weighted by Gasteiger charge is -2.14. The van der Waals surface area contributed by atoms with Crippen molar-refractivity contribution in [3.8, 4) is 11.5 Å². The number of benzene rings is 3. The molecule has 3 aromatic rings. The Hall–Kier alpha value is -3.64. The van der Waals surface area contributed by atoms with E-state index in [4.69, 9.17) is 21.7 Å². The van der Waals surface area contributed by atoms with Crippen molar-refractivity contribution < 1.29 is 14.3 Å². The number of rotatable bonds is 6. The van der Waals surface area contributed by atoms with E-state index in [0.717, 1.165) is 39.4 Å². The van der Waals surface area contributed by atoms with Crippen LogP contribution in [0.15, 0.2) is 72.4 Å². The Morgan fingerprint density at radius 3 is 2.56 bits per heavy atom. The average molecular weight is 445 g/mol. The predicted molar refractivity (Wildman–Crippen MR) is 131 cm³/mol. The molecule has 5 nitrogen and oxygen atoms in total. The van der Waals surface area contributed by atoms with Crippen molar-refractivity contribution >= 4 is 35.0 Å². The number of nitrogens with one attached hydrogen (secondary N) is 1. The van der Waals surface area contributed by atoms with Gasteiger partial charge in [-0.1, -0.05) is 36.4 Å². The number of anilines is 1. The topological polar surface area (TPSA) is 50.8 Å². The number of para-hydroxylation sites is 1. The van der Waals surface area contributed by atoms with E-state index in [1.807, 2.05) is 80.6 Å². The van der Waals surface area contributed by atoms with Crippen LogP contribution in [-0.2, 0) is 11.4 Å². The molecule has 0 saturated carbocycles. The van der Waals surface area contributed by atoms with Gasteiger partial charge in [-0.05, 0) is 79.2 Å². The fourth-order valence-electron chi connectivity index (χ4n) is 3.58. The largest absolute Gasteiger partial charge is 0.496 e. The zero-order valence-electron chi connectivity index (χ0n) is 18.2. The Bertz CT molecular complexity index is 1220. The molecular formula is C26H24N2O3S. The van der Waals surface area contributed by atoms with Gasteiger partial charge in [0.2, 0.25) is 0 Å². The lowest BCUT2D eigenvalue weighted by atomic mass is 10.1. The fraction of sp³-hybridized carbons (Fsp3) is 0.154. The smallest absolute Gasteiger partial charge is 0.281 e. The van der Waals surface area contributed by atoms with Gasteiger partial charge in [-0.3, -0.25) is 9.69 Å². The third-order valence-corrected chi connectivity index (χ3v) is 5.51. The molecule has 1 fully saturated rings. The summed E-state index contributed by atoms with van der Waals surface area (Å²) in [6.45, 7) is 4.34. The normalized spacial score (nSPS) is 14.6. The van der Waals surface area contributed by atoms with Crippen molar-refractivity contribution in [2.45, 2.75) is 20.5 Å². The molecule has 0 bridgehead atoms. The van der Waals surface area contributed by atoms with Gasteiger partial charge >= 0.3 is 0 Å². The SMILES string of the molecule is COc1ccc(/C=C2/NC(=S)N(c3cccc(C)c3)C2=O)cc1COc1ccccc1C. The van der Waals surface area contributed by atoms with Crippen molar-refractivity contribution in [3.05, 3.63) is 94.7 Å². The van der Waals surface area contributed by atoms with Crippen molar-refractivity contribution in [3.63, 3.8) is 0 Å². The molecule has 0 atom stereocenters. The number of thiocarbonyl (C=S) groups is 1. The number of carbonyl (C=O) groups excluding carboxylic acids is 1. The van der Waals surface area contributed by atoms with Crippen molar-refractivity contribution in [1.82, 2.24) is 5.32 Å². The number of nitrogens with zero attached hydrogens (tertiary/aromatic N) is 1. The van der Waals surface area contributed by atoms with E-state index in [9.17, 15) is 4.79 Å². The standard InChI is InChI=1S/C26H24N2O3S/c1-17-7-6-9-21(13-17)28-25(29)22(27-26(28)32)15-19-11-12-24(30-3)20(14-19)16-31-23-10-5-4-8-18(23)2/h4-15H,16H2,1-3H3,(H,27,32)/b22-15+. The molecule has 162 valence electrons. The highest BCUT2D eigenvalue weighted by atomic mass is 32.1. The van der Waals surface area contributed by atoms with E-state index in [1.165, 1.54) is 4.90 Å². The quantitative estimate of drug-likeness (QED) is 0.421. The first-order valence-corrected chi connectivity index (χ1v) is 10.7. The third-order valence-electron chi connectivity index (χ3n) is 5.23. The van der Waals surface area contributed by atoms with Crippen molar-refractivity contribution in [2.24, 2.45) is 0 Å². The zero-order valence-corrected chi connectivity index (χ0v) is 19.0. The summed E-state index contributed by atoms with van der Waals surface area (Å²) in [4.78, 5) is 14.6. The summed E-state index contributed by atoms with van der Waals surface area (Å²) in [6.07, 6.45) is 1.79. The minimum absolute atomic E-state index is 0.186. The summed E-state index contributed by atoms with van der Waals surface area (Å²) in [5.41, 5.74) is 5.03. The lowest BCUT2D eigenvalue weighted by molar-refractivity contribution is -0.113. The highest BCUT2D eigenvalue weighted by Crippen LogP contribution is 2.27. The Kier molecular flexibility index (Phi) is 6.23. The summed E-state index contributed by atoms with van der Waals surface area (Å²) in [5, 5.41) is 3.40.